The third-order valence-electron chi connectivity index (χ3n) is 1.24. The Morgan fingerprint density at radius 3 is 2.50 bits per heavy atom. The highest BCUT2D eigenvalue weighted by Gasteiger charge is 1.91. The van der Waals surface area contributed by atoms with Gasteiger partial charge in [-0.2, -0.15) is 0 Å². The predicted octanol–water partition coefficient (Wildman–Crippen LogP) is 0.733. The summed E-state index contributed by atoms with van der Waals surface area (Å²) in [5.74, 6) is 0. The van der Waals surface area contributed by atoms with E-state index in [2.05, 4.69) is 10.1 Å². The van der Waals surface area contributed by atoms with Gasteiger partial charge >= 0.3 is 0 Å². The van der Waals surface area contributed by atoms with E-state index < -0.39 is 10.0 Å². The highest BCUT2D eigenvalue weighted by Crippen LogP contribution is 2.09. The van der Waals surface area contributed by atoms with E-state index in [4.69, 9.17) is 4.42 Å². The molecule has 0 radical (unpaired) electrons. The van der Waals surface area contributed by atoms with Crippen molar-refractivity contribution < 1.29 is 12.8 Å². The summed E-state index contributed by atoms with van der Waals surface area (Å²) in [5, 5.41) is 4.33. The Morgan fingerprint density at radius 1 is 1.36 bits per heavy atom. The maximum absolute atomic E-state index is 9.41. The molecule has 6 heteroatoms. The molecule has 0 saturated carbocycles. The molecule has 0 bridgehead atoms. The van der Waals surface area contributed by atoms with Crippen molar-refractivity contribution in [1.82, 2.24) is 4.98 Å². The van der Waals surface area contributed by atoms with Gasteiger partial charge in [-0.05, 0) is 12.1 Å². The molecule has 0 aliphatic carbocycles. The lowest BCUT2D eigenvalue weighted by molar-refractivity contribution is 0.602. The third-order valence-corrected chi connectivity index (χ3v) is 1.24. The molecule has 1 heterocycles. The molecule has 0 unspecified atom stereocenters. The lowest BCUT2D eigenvalue weighted by Gasteiger charge is -1.79. The van der Waals surface area contributed by atoms with Crippen LogP contribution in [0.4, 0.5) is 0 Å². The molecule has 0 aliphatic rings. The maximum atomic E-state index is 9.41. The number of nitrogens with zero attached hydrogens (tertiary/aromatic N) is 1. The SMILES string of the molecule is CS(N)(=O)=O.c1ccc2ocnc2c1. The van der Waals surface area contributed by atoms with Gasteiger partial charge in [0, 0.05) is 0 Å². The molecule has 14 heavy (non-hydrogen) atoms. The molecule has 0 fully saturated rings. The van der Waals surface area contributed by atoms with Gasteiger partial charge in [-0.3, -0.25) is 0 Å². The average Bonchev–Trinajstić information content (AvgIpc) is 2.47. The van der Waals surface area contributed by atoms with Gasteiger partial charge in [0.15, 0.2) is 12.0 Å². The van der Waals surface area contributed by atoms with E-state index in [1.165, 1.54) is 6.39 Å². The molecule has 2 N–H and O–H groups in total. The van der Waals surface area contributed by atoms with Crippen molar-refractivity contribution in [3.8, 4) is 0 Å². The Bertz CT molecular complexity index is 466. The summed E-state index contributed by atoms with van der Waals surface area (Å²) < 4.78 is 23.8. The van der Waals surface area contributed by atoms with Crippen molar-refractivity contribution in [2.45, 2.75) is 0 Å². The van der Waals surface area contributed by atoms with Gasteiger partial charge in [-0.1, -0.05) is 12.1 Å². The fraction of sp³-hybridized carbons (Fsp3) is 0.125. The third kappa shape index (κ3) is 4.01. The molecule has 2 aromatic rings. The van der Waals surface area contributed by atoms with Crippen molar-refractivity contribution in [2.75, 3.05) is 6.26 Å². The molecule has 0 aliphatic heterocycles. The molecular formula is C8H10N2O3S. The number of aromatic nitrogens is 1. The number of sulfonamides is 1. The van der Waals surface area contributed by atoms with Crippen molar-refractivity contribution >= 4 is 21.1 Å². The van der Waals surface area contributed by atoms with Crippen LogP contribution in [0.15, 0.2) is 35.1 Å². The van der Waals surface area contributed by atoms with Crippen molar-refractivity contribution in [2.24, 2.45) is 5.14 Å². The minimum Gasteiger partial charge on any atom is -0.443 e. The molecular weight excluding hydrogens is 204 g/mol. The smallest absolute Gasteiger partial charge is 0.206 e. The van der Waals surface area contributed by atoms with Gasteiger partial charge < -0.3 is 4.42 Å². The Hall–Kier alpha value is -1.40. The summed E-state index contributed by atoms with van der Waals surface area (Å²) in [7, 11) is -3.17. The van der Waals surface area contributed by atoms with Gasteiger partial charge in [-0.15, -0.1) is 0 Å². The van der Waals surface area contributed by atoms with Crippen LogP contribution in [0, 0.1) is 0 Å². The normalized spacial score (nSPS) is 10.7. The number of benzene rings is 1. The summed E-state index contributed by atoms with van der Waals surface area (Å²) in [6.07, 6.45) is 2.39. The zero-order valence-electron chi connectivity index (χ0n) is 7.54. The number of fused-ring (bicyclic) bond motifs is 1. The first-order chi connectivity index (χ1) is 6.47. The minimum atomic E-state index is -3.17. The number of rotatable bonds is 0. The molecule has 0 amide bonds. The molecule has 0 spiro atoms. The van der Waals surface area contributed by atoms with E-state index in [9.17, 15) is 8.42 Å². The fourth-order valence-corrected chi connectivity index (χ4v) is 0.803. The summed E-state index contributed by atoms with van der Waals surface area (Å²) in [6.45, 7) is 0. The van der Waals surface area contributed by atoms with Crippen LogP contribution >= 0.6 is 0 Å². The van der Waals surface area contributed by atoms with Crippen LogP contribution < -0.4 is 5.14 Å². The quantitative estimate of drug-likeness (QED) is 0.700. The van der Waals surface area contributed by atoms with E-state index >= 15 is 0 Å². The number of nitrogens with two attached hydrogens (primary N) is 1. The van der Waals surface area contributed by atoms with Crippen LogP contribution in [0.5, 0.6) is 0 Å². The Labute approximate surface area is 81.6 Å². The summed E-state index contributed by atoms with van der Waals surface area (Å²) >= 11 is 0. The van der Waals surface area contributed by atoms with E-state index in [1.54, 1.807) is 0 Å². The second kappa shape index (κ2) is 4.21. The number of oxazole rings is 1. The Morgan fingerprint density at radius 2 is 1.93 bits per heavy atom. The summed E-state index contributed by atoms with van der Waals surface area (Å²) in [4.78, 5) is 3.95. The van der Waals surface area contributed by atoms with Gasteiger partial charge in [0.1, 0.15) is 5.52 Å². The molecule has 0 atom stereocenters. The number of hydrogen-bond acceptors (Lipinski definition) is 4. The number of primary sulfonamides is 1. The first-order valence-electron chi connectivity index (χ1n) is 3.73. The average molecular weight is 214 g/mol. The lowest BCUT2D eigenvalue weighted by atomic mass is 10.3. The van der Waals surface area contributed by atoms with Crippen LogP contribution in [-0.4, -0.2) is 19.7 Å². The van der Waals surface area contributed by atoms with E-state index in [0.29, 0.717) is 0 Å². The number of para-hydroxylation sites is 2. The molecule has 0 saturated heterocycles. The second-order valence-electron chi connectivity index (χ2n) is 2.65. The first-order valence-corrected chi connectivity index (χ1v) is 5.68. The first kappa shape index (κ1) is 10.7. The maximum Gasteiger partial charge on any atom is 0.206 e. The largest absolute Gasteiger partial charge is 0.443 e. The monoisotopic (exact) mass is 214 g/mol. The molecule has 1 aromatic carbocycles. The van der Waals surface area contributed by atoms with Gasteiger partial charge in [0.25, 0.3) is 0 Å². The minimum absolute atomic E-state index is 0.845. The zero-order valence-corrected chi connectivity index (χ0v) is 8.36. The molecule has 1 aromatic heterocycles. The topological polar surface area (TPSA) is 86.2 Å². The summed E-state index contributed by atoms with van der Waals surface area (Å²) in [6, 6.07) is 7.67. The van der Waals surface area contributed by atoms with Crippen LogP contribution in [-0.2, 0) is 10.0 Å². The standard InChI is InChI=1S/C7H5NO.CH5NO2S/c1-2-4-7-6(3-1)8-5-9-7;1-5(2,3)4/h1-5H;1H3,(H2,2,3,4). The van der Waals surface area contributed by atoms with Gasteiger partial charge in [-0.25, -0.2) is 18.5 Å². The summed E-state index contributed by atoms with van der Waals surface area (Å²) in [5.41, 5.74) is 1.76. The highest BCUT2D eigenvalue weighted by molar-refractivity contribution is 7.88. The van der Waals surface area contributed by atoms with Crippen molar-refractivity contribution in [3.63, 3.8) is 0 Å². The van der Waals surface area contributed by atoms with Crippen LogP contribution in [0.1, 0.15) is 0 Å². The van der Waals surface area contributed by atoms with Crippen LogP contribution in [0.3, 0.4) is 0 Å². The van der Waals surface area contributed by atoms with E-state index in [-0.39, 0.29) is 0 Å². The highest BCUT2D eigenvalue weighted by atomic mass is 32.2. The van der Waals surface area contributed by atoms with Gasteiger partial charge in [0.05, 0.1) is 6.26 Å². The molecule has 2 rings (SSSR count). The molecule has 5 nitrogen and oxygen atoms in total. The Kier molecular flexibility index (Phi) is 3.21. The predicted molar refractivity (Wildman–Crippen MR) is 53.0 cm³/mol. The lowest BCUT2D eigenvalue weighted by Crippen LogP contribution is -2.07. The van der Waals surface area contributed by atoms with Crippen LogP contribution in [0.25, 0.3) is 11.1 Å². The number of hydrogen-bond donors (Lipinski definition) is 1. The van der Waals surface area contributed by atoms with Crippen molar-refractivity contribution in [3.05, 3.63) is 30.7 Å². The van der Waals surface area contributed by atoms with E-state index in [1.807, 2.05) is 24.3 Å². The fourth-order valence-electron chi connectivity index (χ4n) is 0.803. The Balaban J connectivity index is 0.000000171. The van der Waals surface area contributed by atoms with Crippen molar-refractivity contribution in [1.29, 1.82) is 0 Å². The zero-order chi connectivity index (χ0) is 10.6. The second-order valence-corrected chi connectivity index (χ2v) is 4.31. The van der Waals surface area contributed by atoms with Crippen LogP contribution in [0.2, 0.25) is 0 Å². The van der Waals surface area contributed by atoms with Gasteiger partial charge in [0.2, 0.25) is 10.0 Å². The molecule has 76 valence electrons. The van der Waals surface area contributed by atoms with E-state index in [0.717, 1.165) is 17.4 Å².